The van der Waals surface area contributed by atoms with Crippen LogP contribution in [0.1, 0.15) is 33.7 Å². The summed E-state index contributed by atoms with van der Waals surface area (Å²) in [6, 6.07) is 9.40. The van der Waals surface area contributed by atoms with Crippen molar-refractivity contribution in [3.05, 3.63) is 70.0 Å². The van der Waals surface area contributed by atoms with Gasteiger partial charge in [-0.05, 0) is 65.9 Å². The third kappa shape index (κ3) is 2.45. The van der Waals surface area contributed by atoms with Crippen LogP contribution in [0.3, 0.4) is 0 Å². The molecule has 4 heteroatoms. The lowest BCUT2D eigenvalue weighted by Gasteiger charge is -2.23. The molecule has 23 heavy (non-hydrogen) atoms. The van der Waals surface area contributed by atoms with Gasteiger partial charge in [0.2, 0.25) is 0 Å². The highest BCUT2D eigenvalue weighted by Crippen LogP contribution is 2.50. The molecule has 0 saturated heterocycles. The first kappa shape index (κ1) is 14.8. The average Bonchev–Trinajstić information content (AvgIpc) is 2.67. The van der Waals surface area contributed by atoms with Gasteiger partial charge in [0.15, 0.2) is 0 Å². The molecule has 1 aliphatic carbocycles. The molecule has 0 bridgehead atoms. The van der Waals surface area contributed by atoms with E-state index >= 15 is 0 Å². The molecule has 1 N–H and O–H groups in total. The zero-order valence-electron chi connectivity index (χ0n) is 12.7. The third-order valence-electron chi connectivity index (χ3n) is 5.01. The summed E-state index contributed by atoms with van der Waals surface area (Å²) in [4.78, 5) is 0. The SMILES string of the molecule is Fc1ccc(C2c3c(ccc4c3CCNCC4)CC2(F)F)cc1. The van der Waals surface area contributed by atoms with E-state index in [-0.39, 0.29) is 6.42 Å². The first-order valence-corrected chi connectivity index (χ1v) is 8.04. The molecule has 0 fully saturated rings. The fourth-order valence-corrected chi connectivity index (χ4v) is 4.00. The second-order valence-electron chi connectivity index (χ2n) is 6.45. The maximum absolute atomic E-state index is 14.7. The maximum Gasteiger partial charge on any atom is 0.262 e. The van der Waals surface area contributed by atoms with Crippen LogP contribution < -0.4 is 5.32 Å². The number of rotatable bonds is 1. The largest absolute Gasteiger partial charge is 0.316 e. The van der Waals surface area contributed by atoms with Crippen molar-refractivity contribution in [3.63, 3.8) is 0 Å². The number of nitrogens with one attached hydrogen (secondary N) is 1. The van der Waals surface area contributed by atoms with Crippen LogP contribution in [0.5, 0.6) is 0 Å². The van der Waals surface area contributed by atoms with Crippen LogP contribution in [0, 0.1) is 5.82 Å². The minimum absolute atomic E-state index is 0.231. The number of benzene rings is 2. The standard InChI is InChI=1S/C19H18F3N/c20-15-5-3-13(4-6-15)18-17-14(11-19(18,21)22)2-1-12-7-9-23-10-8-16(12)17/h1-6,18,23H,7-11H2. The van der Waals surface area contributed by atoms with Crippen molar-refractivity contribution in [2.24, 2.45) is 0 Å². The van der Waals surface area contributed by atoms with E-state index in [1.165, 1.54) is 29.8 Å². The number of hydrogen-bond donors (Lipinski definition) is 1. The van der Waals surface area contributed by atoms with E-state index in [0.29, 0.717) is 5.56 Å². The lowest BCUT2D eigenvalue weighted by molar-refractivity contribution is -0.00373. The van der Waals surface area contributed by atoms with Crippen molar-refractivity contribution < 1.29 is 13.2 Å². The molecule has 0 saturated carbocycles. The Balaban J connectivity index is 1.89. The molecule has 120 valence electrons. The quantitative estimate of drug-likeness (QED) is 0.843. The molecule has 0 spiro atoms. The first-order chi connectivity index (χ1) is 11.1. The molecule has 2 aliphatic rings. The zero-order chi connectivity index (χ0) is 16.0. The summed E-state index contributed by atoms with van der Waals surface area (Å²) < 4.78 is 42.7. The van der Waals surface area contributed by atoms with Gasteiger partial charge in [-0.25, -0.2) is 13.2 Å². The van der Waals surface area contributed by atoms with E-state index in [0.717, 1.165) is 42.6 Å². The summed E-state index contributed by atoms with van der Waals surface area (Å²) in [6.07, 6.45) is 1.40. The van der Waals surface area contributed by atoms with Crippen LogP contribution >= 0.6 is 0 Å². The van der Waals surface area contributed by atoms with Crippen molar-refractivity contribution in [2.45, 2.75) is 31.1 Å². The molecule has 0 radical (unpaired) electrons. The smallest absolute Gasteiger partial charge is 0.262 e. The molecule has 2 aromatic rings. The van der Waals surface area contributed by atoms with E-state index in [2.05, 4.69) is 5.32 Å². The summed E-state index contributed by atoms with van der Waals surface area (Å²) in [5.74, 6) is -4.19. The summed E-state index contributed by atoms with van der Waals surface area (Å²) in [5.41, 5.74) is 4.26. The van der Waals surface area contributed by atoms with Gasteiger partial charge in [0, 0.05) is 6.42 Å². The second-order valence-corrected chi connectivity index (χ2v) is 6.45. The molecule has 1 heterocycles. The molecule has 0 aromatic heterocycles. The van der Waals surface area contributed by atoms with Crippen molar-refractivity contribution in [3.8, 4) is 0 Å². The van der Waals surface area contributed by atoms with Gasteiger partial charge in [0.25, 0.3) is 5.92 Å². The highest BCUT2D eigenvalue weighted by molar-refractivity contribution is 5.53. The van der Waals surface area contributed by atoms with Gasteiger partial charge in [0.05, 0.1) is 5.92 Å². The summed E-state index contributed by atoms with van der Waals surface area (Å²) in [5, 5.41) is 3.33. The van der Waals surface area contributed by atoms with Crippen molar-refractivity contribution >= 4 is 0 Å². The van der Waals surface area contributed by atoms with Crippen LogP contribution in [-0.2, 0) is 19.3 Å². The Labute approximate surface area is 133 Å². The minimum Gasteiger partial charge on any atom is -0.316 e. The van der Waals surface area contributed by atoms with Gasteiger partial charge < -0.3 is 5.32 Å². The molecule has 1 unspecified atom stereocenters. The number of alkyl halides is 2. The molecule has 1 nitrogen and oxygen atoms in total. The average molecular weight is 317 g/mol. The summed E-state index contributed by atoms with van der Waals surface area (Å²) in [6.45, 7) is 1.69. The number of halogens is 3. The fraction of sp³-hybridized carbons (Fsp3) is 0.368. The summed E-state index contributed by atoms with van der Waals surface area (Å²) in [7, 11) is 0. The monoisotopic (exact) mass is 317 g/mol. The normalized spacial score (nSPS) is 22.3. The highest BCUT2D eigenvalue weighted by atomic mass is 19.3. The van der Waals surface area contributed by atoms with Crippen LogP contribution in [0.4, 0.5) is 13.2 Å². The molecular weight excluding hydrogens is 299 g/mol. The van der Waals surface area contributed by atoms with Crippen molar-refractivity contribution in [1.82, 2.24) is 5.32 Å². The maximum atomic E-state index is 14.7. The van der Waals surface area contributed by atoms with Gasteiger partial charge in [-0.3, -0.25) is 0 Å². The molecule has 2 aromatic carbocycles. The van der Waals surface area contributed by atoms with Gasteiger partial charge >= 0.3 is 0 Å². The summed E-state index contributed by atoms with van der Waals surface area (Å²) >= 11 is 0. The Kier molecular flexibility index (Phi) is 3.45. The topological polar surface area (TPSA) is 12.0 Å². The molecule has 0 amide bonds. The van der Waals surface area contributed by atoms with Gasteiger partial charge in [0.1, 0.15) is 5.82 Å². The molecule has 1 atom stereocenters. The molecule has 1 aliphatic heterocycles. The van der Waals surface area contributed by atoms with E-state index in [1.54, 1.807) is 0 Å². The van der Waals surface area contributed by atoms with Crippen molar-refractivity contribution in [1.29, 1.82) is 0 Å². The van der Waals surface area contributed by atoms with Gasteiger partial charge in [-0.15, -0.1) is 0 Å². The van der Waals surface area contributed by atoms with E-state index in [9.17, 15) is 13.2 Å². The van der Waals surface area contributed by atoms with Crippen molar-refractivity contribution in [2.75, 3.05) is 13.1 Å². The predicted molar refractivity (Wildman–Crippen MR) is 83.6 cm³/mol. The molecular formula is C19H18F3N. The van der Waals surface area contributed by atoms with E-state index in [4.69, 9.17) is 0 Å². The Morgan fingerprint density at radius 2 is 1.61 bits per heavy atom. The lowest BCUT2D eigenvalue weighted by atomic mass is 9.85. The Morgan fingerprint density at radius 1 is 0.913 bits per heavy atom. The number of fused-ring (bicyclic) bond motifs is 3. The fourth-order valence-electron chi connectivity index (χ4n) is 4.00. The first-order valence-electron chi connectivity index (χ1n) is 8.04. The van der Waals surface area contributed by atoms with Crippen LogP contribution in [0.15, 0.2) is 36.4 Å². The van der Waals surface area contributed by atoms with E-state index < -0.39 is 17.7 Å². The van der Waals surface area contributed by atoms with Crippen LogP contribution in [0.2, 0.25) is 0 Å². The van der Waals surface area contributed by atoms with Crippen LogP contribution in [0.25, 0.3) is 0 Å². The Hall–Kier alpha value is -1.81. The predicted octanol–water partition coefficient (Wildman–Crippen LogP) is 3.84. The van der Waals surface area contributed by atoms with Gasteiger partial charge in [-0.2, -0.15) is 0 Å². The molecule has 4 rings (SSSR count). The van der Waals surface area contributed by atoms with Gasteiger partial charge in [-0.1, -0.05) is 24.3 Å². The Morgan fingerprint density at radius 3 is 2.39 bits per heavy atom. The minimum atomic E-state index is -2.82. The Bertz CT molecular complexity index is 737. The highest BCUT2D eigenvalue weighted by Gasteiger charge is 2.49. The number of hydrogen-bond acceptors (Lipinski definition) is 1. The van der Waals surface area contributed by atoms with Crippen LogP contribution in [-0.4, -0.2) is 19.0 Å². The zero-order valence-corrected chi connectivity index (χ0v) is 12.7. The second kappa shape index (κ2) is 5.38. The third-order valence-corrected chi connectivity index (χ3v) is 5.01. The lowest BCUT2D eigenvalue weighted by Crippen LogP contribution is -2.24. The van der Waals surface area contributed by atoms with E-state index in [1.807, 2.05) is 12.1 Å².